The Hall–Kier alpha value is -0.0400. The Balaban J connectivity index is 1.40. The lowest BCUT2D eigenvalue weighted by Crippen LogP contribution is -2.51. The van der Waals surface area contributed by atoms with Crippen molar-refractivity contribution >= 4 is 0 Å². The highest BCUT2D eigenvalue weighted by molar-refractivity contribution is 5.03. The Morgan fingerprint density at radius 1 is 0.947 bits per heavy atom. The molecule has 5 saturated carbocycles. The third-order valence-electron chi connectivity index (χ3n) is 7.20. The average molecular weight is 261 g/mol. The van der Waals surface area contributed by atoms with Crippen LogP contribution in [0.2, 0.25) is 0 Å². The van der Waals surface area contributed by atoms with Crippen molar-refractivity contribution in [2.45, 2.75) is 77.2 Å². The molecule has 0 spiro atoms. The molecule has 0 aromatic carbocycles. The van der Waals surface area contributed by atoms with Gasteiger partial charge < -0.3 is 5.32 Å². The minimum absolute atomic E-state index is 0.750. The maximum Gasteiger partial charge on any atom is 0.00671 e. The van der Waals surface area contributed by atoms with Gasteiger partial charge in [0.15, 0.2) is 0 Å². The quantitative estimate of drug-likeness (QED) is 0.792. The highest BCUT2D eigenvalue weighted by atomic mass is 14.9. The van der Waals surface area contributed by atoms with Gasteiger partial charge in [-0.3, -0.25) is 0 Å². The second kappa shape index (κ2) is 4.76. The van der Waals surface area contributed by atoms with Crippen molar-refractivity contribution in [3.63, 3.8) is 0 Å². The number of hydrogen-bond acceptors (Lipinski definition) is 1. The standard InChI is InChI=1S/C18H31N/c1-13(12-19-17-4-2-3-5-17)18-9-14-6-15(10-18)8-16(7-14)11-18/h13-17,19H,2-12H2,1H3. The smallest absolute Gasteiger partial charge is 0.00671 e. The molecule has 5 aliphatic carbocycles. The second-order valence-electron chi connectivity index (χ2n) is 8.57. The molecule has 5 rings (SSSR count). The summed E-state index contributed by atoms with van der Waals surface area (Å²) in [5.41, 5.74) is 0.750. The van der Waals surface area contributed by atoms with Gasteiger partial charge in [0, 0.05) is 6.04 Å². The molecule has 0 saturated heterocycles. The minimum Gasteiger partial charge on any atom is -0.314 e. The fourth-order valence-corrected chi connectivity index (χ4v) is 6.47. The molecule has 1 atom stereocenters. The molecule has 108 valence electrons. The molecule has 1 N–H and O–H groups in total. The van der Waals surface area contributed by atoms with Crippen LogP contribution in [0.4, 0.5) is 0 Å². The van der Waals surface area contributed by atoms with Crippen molar-refractivity contribution in [1.29, 1.82) is 0 Å². The highest BCUT2D eigenvalue weighted by Gasteiger charge is 2.52. The topological polar surface area (TPSA) is 12.0 Å². The van der Waals surface area contributed by atoms with Crippen LogP contribution in [0.3, 0.4) is 0 Å². The van der Waals surface area contributed by atoms with Gasteiger partial charge in [-0.2, -0.15) is 0 Å². The zero-order valence-electron chi connectivity index (χ0n) is 12.7. The average Bonchev–Trinajstić information content (AvgIpc) is 2.87. The van der Waals surface area contributed by atoms with Gasteiger partial charge in [0.2, 0.25) is 0 Å². The summed E-state index contributed by atoms with van der Waals surface area (Å²) in [5.74, 6) is 4.25. The van der Waals surface area contributed by atoms with E-state index in [1.165, 1.54) is 32.2 Å². The van der Waals surface area contributed by atoms with E-state index < -0.39 is 0 Å². The van der Waals surface area contributed by atoms with Crippen molar-refractivity contribution < 1.29 is 0 Å². The first-order chi connectivity index (χ1) is 9.23. The molecule has 0 radical (unpaired) electrons. The molecular formula is C18H31N. The molecule has 5 aliphatic rings. The summed E-state index contributed by atoms with van der Waals surface area (Å²) in [6.45, 7) is 3.87. The Kier molecular flexibility index (Phi) is 3.17. The van der Waals surface area contributed by atoms with Gasteiger partial charge in [-0.15, -0.1) is 0 Å². The van der Waals surface area contributed by atoms with Crippen LogP contribution in [0.15, 0.2) is 0 Å². The van der Waals surface area contributed by atoms with Gasteiger partial charge in [0.1, 0.15) is 0 Å². The summed E-state index contributed by atoms with van der Waals surface area (Å²) in [5, 5.41) is 3.91. The van der Waals surface area contributed by atoms with E-state index in [4.69, 9.17) is 0 Å². The van der Waals surface area contributed by atoms with Gasteiger partial charge in [0.05, 0.1) is 0 Å². The minimum atomic E-state index is 0.750. The number of rotatable bonds is 4. The Morgan fingerprint density at radius 3 is 2.00 bits per heavy atom. The van der Waals surface area contributed by atoms with E-state index in [2.05, 4.69) is 12.2 Å². The zero-order chi connectivity index (χ0) is 12.9. The molecule has 5 fully saturated rings. The lowest BCUT2D eigenvalue weighted by Gasteiger charge is -2.59. The van der Waals surface area contributed by atoms with E-state index in [-0.39, 0.29) is 0 Å². The second-order valence-corrected chi connectivity index (χ2v) is 8.57. The Morgan fingerprint density at radius 2 is 1.47 bits per heavy atom. The predicted molar refractivity (Wildman–Crippen MR) is 80.0 cm³/mol. The van der Waals surface area contributed by atoms with Crippen molar-refractivity contribution in [1.82, 2.24) is 5.32 Å². The molecule has 1 unspecified atom stereocenters. The van der Waals surface area contributed by atoms with E-state index in [1.807, 2.05) is 0 Å². The van der Waals surface area contributed by atoms with Crippen molar-refractivity contribution in [3.05, 3.63) is 0 Å². The first-order valence-corrected chi connectivity index (χ1v) is 8.97. The van der Waals surface area contributed by atoms with Crippen LogP contribution in [-0.2, 0) is 0 Å². The first-order valence-electron chi connectivity index (χ1n) is 8.97. The predicted octanol–water partition coefficient (Wildman–Crippen LogP) is 4.37. The van der Waals surface area contributed by atoms with Gasteiger partial charge in [-0.25, -0.2) is 0 Å². The molecule has 0 aromatic rings. The van der Waals surface area contributed by atoms with Crippen LogP contribution < -0.4 is 5.32 Å². The van der Waals surface area contributed by atoms with Crippen LogP contribution in [-0.4, -0.2) is 12.6 Å². The summed E-state index contributed by atoms with van der Waals surface area (Å²) in [7, 11) is 0. The maximum atomic E-state index is 3.91. The normalized spacial score (nSPS) is 46.9. The van der Waals surface area contributed by atoms with Gasteiger partial charge in [-0.1, -0.05) is 19.8 Å². The molecule has 0 heterocycles. The largest absolute Gasteiger partial charge is 0.314 e. The van der Waals surface area contributed by atoms with Crippen molar-refractivity contribution in [3.8, 4) is 0 Å². The number of nitrogens with one attached hydrogen (secondary N) is 1. The van der Waals surface area contributed by atoms with Gasteiger partial charge in [-0.05, 0) is 87.0 Å². The van der Waals surface area contributed by atoms with E-state index in [1.54, 1.807) is 38.5 Å². The van der Waals surface area contributed by atoms with Gasteiger partial charge in [0.25, 0.3) is 0 Å². The first kappa shape index (κ1) is 12.7. The molecule has 19 heavy (non-hydrogen) atoms. The molecule has 4 bridgehead atoms. The Bertz CT molecular complexity index is 293. The van der Waals surface area contributed by atoms with Gasteiger partial charge >= 0.3 is 0 Å². The van der Waals surface area contributed by atoms with E-state index in [0.717, 1.165) is 35.1 Å². The summed E-state index contributed by atoms with van der Waals surface area (Å²) in [6.07, 6.45) is 15.3. The molecule has 1 nitrogen and oxygen atoms in total. The van der Waals surface area contributed by atoms with Crippen LogP contribution in [0, 0.1) is 29.1 Å². The lowest BCUT2D eigenvalue weighted by molar-refractivity contribution is -0.0828. The summed E-state index contributed by atoms with van der Waals surface area (Å²) in [4.78, 5) is 0. The van der Waals surface area contributed by atoms with Crippen molar-refractivity contribution in [2.75, 3.05) is 6.54 Å². The zero-order valence-corrected chi connectivity index (χ0v) is 12.7. The van der Waals surface area contributed by atoms with Crippen molar-refractivity contribution in [2.24, 2.45) is 29.1 Å². The van der Waals surface area contributed by atoms with E-state index >= 15 is 0 Å². The fraction of sp³-hybridized carbons (Fsp3) is 1.00. The SMILES string of the molecule is CC(CNC1CCCC1)C12CC3CC(CC(C3)C1)C2. The molecule has 0 aromatic heterocycles. The third-order valence-corrected chi connectivity index (χ3v) is 7.20. The summed E-state index contributed by atoms with van der Waals surface area (Å²) >= 11 is 0. The van der Waals surface area contributed by atoms with E-state index in [0.29, 0.717) is 0 Å². The van der Waals surface area contributed by atoms with Crippen LogP contribution in [0.25, 0.3) is 0 Å². The van der Waals surface area contributed by atoms with E-state index in [9.17, 15) is 0 Å². The summed E-state index contributed by atoms with van der Waals surface area (Å²) < 4.78 is 0. The lowest BCUT2D eigenvalue weighted by atomic mass is 9.46. The fourth-order valence-electron chi connectivity index (χ4n) is 6.47. The summed E-state index contributed by atoms with van der Waals surface area (Å²) in [6, 6.07) is 0.858. The van der Waals surface area contributed by atoms with Crippen LogP contribution in [0.1, 0.15) is 71.1 Å². The highest BCUT2D eigenvalue weighted by Crippen LogP contribution is 2.62. The van der Waals surface area contributed by atoms with Crippen LogP contribution >= 0.6 is 0 Å². The maximum absolute atomic E-state index is 3.91. The van der Waals surface area contributed by atoms with Crippen LogP contribution in [0.5, 0.6) is 0 Å². The monoisotopic (exact) mass is 261 g/mol. The third kappa shape index (κ3) is 2.26. The molecule has 1 heteroatoms. The molecule has 0 aliphatic heterocycles. The molecule has 0 amide bonds. The number of hydrogen-bond donors (Lipinski definition) is 1. The Labute approximate surface area is 118 Å². The molecular weight excluding hydrogens is 230 g/mol.